The Morgan fingerprint density at radius 2 is 2.12 bits per heavy atom. The molecule has 0 aliphatic heterocycles. The lowest BCUT2D eigenvalue weighted by molar-refractivity contribution is 0.437. The van der Waals surface area contributed by atoms with Crippen molar-refractivity contribution in [2.24, 2.45) is 5.92 Å². The number of benzene rings is 1. The first-order valence-electron chi connectivity index (χ1n) is 6.16. The van der Waals surface area contributed by atoms with Crippen molar-refractivity contribution in [3.8, 4) is 0 Å². The number of halogens is 1. The Labute approximate surface area is 97.1 Å². The van der Waals surface area contributed by atoms with Gasteiger partial charge in [-0.1, -0.05) is 25.0 Å². The van der Waals surface area contributed by atoms with Gasteiger partial charge in [-0.15, -0.1) is 0 Å². The van der Waals surface area contributed by atoms with E-state index in [-0.39, 0.29) is 11.9 Å². The largest absolute Gasteiger partial charge is 0.308 e. The lowest BCUT2D eigenvalue weighted by Gasteiger charge is -2.20. The fourth-order valence-corrected chi connectivity index (χ4v) is 2.22. The molecule has 1 saturated carbocycles. The normalized spacial score (nSPS) is 19.4. The van der Waals surface area contributed by atoms with E-state index in [4.69, 9.17) is 0 Å². The molecule has 1 aromatic rings. The van der Waals surface area contributed by atoms with Crippen LogP contribution in [-0.4, -0.2) is 6.04 Å². The molecule has 1 N–H and O–H groups in total. The minimum atomic E-state index is -0.152. The highest BCUT2D eigenvalue weighted by molar-refractivity contribution is 5.19. The van der Waals surface area contributed by atoms with E-state index >= 15 is 0 Å². The maximum atomic E-state index is 13.1. The SMILES string of the molecule is CC(CC1CC1)N[C@@H](C)c1cccc(F)c1. The van der Waals surface area contributed by atoms with Crippen LogP contribution >= 0.6 is 0 Å². The zero-order chi connectivity index (χ0) is 11.5. The van der Waals surface area contributed by atoms with Gasteiger partial charge in [-0.25, -0.2) is 4.39 Å². The van der Waals surface area contributed by atoms with E-state index in [1.807, 2.05) is 6.07 Å². The molecular weight excluding hydrogens is 201 g/mol. The third-order valence-electron chi connectivity index (χ3n) is 3.27. The summed E-state index contributed by atoms with van der Waals surface area (Å²) in [5, 5.41) is 3.53. The van der Waals surface area contributed by atoms with Gasteiger partial charge in [-0.05, 0) is 43.9 Å². The number of hydrogen-bond acceptors (Lipinski definition) is 1. The van der Waals surface area contributed by atoms with E-state index < -0.39 is 0 Å². The highest BCUT2D eigenvalue weighted by Gasteiger charge is 2.24. The van der Waals surface area contributed by atoms with Gasteiger partial charge in [0.1, 0.15) is 5.82 Å². The summed E-state index contributed by atoms with van der Waals surface area (Å²) in [7, 11) is 0. The predicted octanol–water partition coefficient (Wildman–Crippen LogP) is 3.66. The van der Waals surface area contributed by atoms with E-state index in [0.29, 0.717) is 6.04 Å². The molecule has 1 aliphatic carbocycles. The standard InChI is InChI=1S/C14H20FN/c1-10(8-12-6-7-12)16-11(2)13-4-3-5-14(15)9-13/h3-5,9-12,16H,6-8H2,1-2H3/t10?,11-/m0/s1. The Morgan fingerprint density at radius 1 is 1.38 bits per heavy atom. The zero-order valence-electron chi connectivity index (χ0n) is 10.0. The summed E-state index contributed by atoms with van der Waals surface area (Å²) in [5.41, 5.74) is 1.03. The Balaban J connectivity index is 1.88. The summed E-state index contributed by atoms with van der Waals surface area (Å²) in [4.78, 5) is 0. The quantitative estimate of drug-likeness (QED) is 0.800. The first-order valence-corrected chi connectivity index (χ1v) is 6.16. The van der Waals surface area contributed by atoms with Crippen LogP contribution in [0, 0.1) is 11.7 Å². The van der Waals surface area contributed by atoms with Crippen molar-refractivity contribution in [3.05, 3.63) is 35.6 Å². The minimum absolute atomic E-state index is 0.152. The molecule has 0 amide bonds. The average Bonchev–Trinajstić information content (AvgIpc) is 3.01. The smallest absolute Gasteiger partial charge is 0.123 e. The molecule has 88 valence electrons. The molecule has 0 heterocycles. The van der Waals surface area contributed by atoms with Gasteiger partial charge in [0.25, 0.3) is 0 Å². The molecule has 2 rings (SSSR count). The van der Waals surface area contributed by atoms with Gasteiger partial charge in [0.2, 0.25) is 0 Å². The minimum Gasteiger partial charge on any atom is -0.308 e. The van der Waals surface area contributed by atoms with E-state index in [0.717, 1.165) is 11.5 Å². The Bertz CT molecular complexity index is 346. The first-order chi connectivity index (χ1) is 7.65. The molecule has 16 heavy (non-hydrogen) atoms. The molecule has 2 heteroatoms. The van der Waals surface area contributed by atoms with Gasteiger partial charge in [-0.3, -0.25) is 0 Å². The molecular formula is C14H20FN. The van der Waals surface area contributed by atoms with Crippen LogP contribution in [0.2, 0.25) is 0 Å². The molecule has 0 saturated heterocycles. The fourth-order valence-electron chi connectivity index (χ4n) is 2.22. The Kier molecular flexibility index (Phi) is 3.59. The van der Waals surface area contributed by atoms with Crippen LogP contribution in [0.25, 0.3) is 0 Å². The van der Waals surface area contributed by atoms with E-state index in [1.54, 1.807) is 12.1 Å². The zero-order valence-corrected chi connectivity index (χ0v) is 10.0. The van der Waals surface area contributed by atoms with Crippen molar-refractivity contribution >= 4 is 0 Å². The molecule has 1 nitrogen and oxygen atoms in total. The lowest BCUT2D eigenvalue weighted by Crippen LogP contribution is -2.29. The van der Waals surface area contributed by atoms with E-state index in [1.165, 1.54) is 25.3 Å². The number of nitrogens with one attached hydrogen (secondary N) is 1. The number of hydrogen-bond donors (Lipinski definition) is 1. The second-order valence-corrected chi connectivity index (χ2v) is 5.02. The van der Waals surface area contributed by atoms with Crippen LogP contribution in [-0.2, 0) is 0 Å². The Hall–Kier alpha value is -0.890. The summed E-state index contributed by atoms with van der Waals surface area (Å²) < 4.78 is 13.1. The maximum absolute atomic E-state index is 13.1. The van der Waals surface area contributed by atoms with Crippen LogP contribution in [0.1, 0.15) is 44.7 Å². The van der Waals surface area contributed by atoms with Crippen molar-refractivity contribution in [1.82, 2.24) is 5.32 Å². The molecule has 1 fully saturated rings. The van der Waals surface area contributed by atoms with Crippen LogP contribution in [0.3, 0.4) is 0 Å². The van der Waals surface area contributed by atoms with Crippen molar-refractivity contribution in [2.45, 2.75) is 45.2 Å². The molecule has 0 aromatic heterocycles. The summed E-state index contributed by atoms with van der Waals surface area (Å²) in [6.07, 6.45) is 4.03. The van der Waals surface area contributed by atoms with Crippen molar-refractivity contribution in [2.75, 3.05) is 0 Å². The first kappa shape index (κ1) is 11.6. The van der Waals surface area contributed by atoms with E-state index in [2.05, 4.69) is 19.2 Å². The van der Waals surface area contributed by atoms with Crippen molar-refractivity contribution in [3.63, 3.8) is 0 Å². The van der Waals surface area contributed by atoms with Crippen LogP contribution in [0.4, 0.5) is 4.39 Å². The molecule has 1 aliphatic rings. The lowest BCUT2D eigenvalue weighted by atomic mass is 10.1. The topological polar surface area (TPSA) is 12.0 Å². The monoisotopic (exact) mass is 221 g/mol. The van der Waals surface area contributed by atoms with Gasteiger partial charge in [0.05, 0.1) is 0 Å². The van der Waals surface area contributed by atoms with Crippen LogP contribution in [0.15, 0.2) is 24.3 Å². The molecule has 1 aromatic carbocycles. The van der Waals surface area contributed by atoms with Gasteiger partial charge in [-0.2, -0.15) is 0 Å². The average molecular weight is 221 g/mol. The third kappa shape index (κ3) is 3.31. The van der Waals surface area contributed by atoms with E-state index in [9.17, 15) is 4.39 Å². The summed E-state index contributed by atoms with van der Waals surface area (Å²) in [5.74, 6) is 0.781. The molecule has 2 atom stereocenters. The van der Waals surface area contributed by atoms with Crippen LogP contribution < -0.4 is 5.32 Å². The third-order valence-corrected chi connectivity index (χ3v) is 3.27. The van der Waals surface area contributed by atoms with Gasteiger partial charge >= 0.3 is 0 Å². The van der Waals surface area contributed by atoms with Gasteiger partial charge < -0.3 is 5.32 Å². The summed E-state index contributed by atoms with van der Waals surface area (Å²) in [6.45, 7) is 4.31. The van der Waals surface area contributed by atoms with Gasteiger partial charge in [0.15, 0.2) is 0 Å². The summed E-state index contributed by atoms with van der Waals surface area (Å²) >= 11 is 0. The van der Waals surface area contributed by atoms with Crippen molar-refractivity contribution in [1.29, 1.82) is 0 Å². The molecule has 0 spiro atoms. The highest BCUT2D eigenvalue weighted by atomic mass is 19.1. The van der Waals surface area contributed by atoms with Crippen molar-refractivity contribution < 1.29 is 4.39 Å². The second kappa shape index (κ2) is 4.96. The van der Waals surface area contributed by atoms with Gasteiger partial charge in [0, 0.05) is 12.1 Å². The number of rotatable bonds is 5. The molecule has 0 radical (unpaired) electrons. The Morgan fingerprint density at radius 3 is 2.75 bits per heavy atom. The summed E-state index contributed by atoms with van der Waals surface area (Å²) in [6, 6.07) is 7.60. The predicted molar refractivity (Wildman–Crippen MR) is 64.8 cm³/mol. The molecule has 1 unspecified atom stereocenters. The second-order valence-electron chi connectivity index (χ2n) is 5.02. The highest BCUT2D eigenvalue weighted by Crippen LogP contribution is 2.33. The molecule has 0 bridgehead atoms. The fraction of sp³-hybridized carbons (Fsp3) is 0.571. The maximum Gasteiger partial charge on any atom is 0.123 e. The van der Waals surface area contributed by atoms with Crippen LogP contribution in [0.5, 0.6) is 0 Å².